The van der Waals surface area contributed by atoms with Crippen LogP contribution in [0.2, 0.25) is 0 Å². The molecule has 0 aromatic rings. The first kappa shape index (κ1) is 55.3. The van der Waals surface area contributed by atoms with Crippen LogP contribution in [0.3, 0.4) is 0 Å². The van der Waals surface area contributed by atoms with Crippen LogP contribution < -0.4 is 0 Å². The third kappa shape index (κ3) is 14.2. The molecule has 14 heteroatoms. The van der Waals surface area contributed by atoms with Crippen molar-refractivity contribution < 1.29 is 70.1 Å². The predicted octanol–water partition coefficient (Wildman–Crippen LogP) is 4.58. The van der Waals surface area contributed by atoms with E-state index in [4.69, 9.17) is 14.2 Å². The molecule has 14 nitrogen and oxygen atoms in total. The van der Waals surface area contributed by atoms with Gasteiger partial charge in [-0.1, -0.05) is 55.4 Å². The fourth-order valence-corrected chi connectivity index (χ4v) is 11.0. The smallest absolute Gasteiger partial charge is 0.308 e. The highest BCUT2D eigenvalue weighted by Crippen LogP contribution is 2.43. The monoisotopic (exact) mass is 891 g/mol. The van der Waals surface area contributed by atoms with E-state index < -0.39 is 114 Å². The molecule has 366 valence electrons. The van der Waals surface area contributed by atoms with E-state index in [0.717, 1.165) is 6.42 Å². The number of hydrogen-bond donors (Lipinski definition) is 10. The summed E-state index contributed by atoms with van der Waals surface area (Å²) in [5.41, 5.74) is -3.24. The summed E-state index contributed by atoms with van der Waals surface area (Å²) >= 11 is 0. The van der Waals surface area contributed by atoms with Crippen LogP contribution in [-0.4, -0.2) is 147 Å². The van der Waals surface area contributed by atoms with Crippen molar-refractivity contribution in [3.05, 3.63) is 0 Å². The Labute approximate surface area is 372 Å². The van der Waals surface area contributed by atoms with Gasteiger partial charge in [0.15, 0.2) is 0 Å². The zero-order valence-corrected chi connectivity index (χ0v) is 40.1. The van der Waals surface area contributed by atoms with E-state index in [1.54, 1.807) is 41.5 Å². The van der Waals surface area contributed by atoms with Crippen molar-refractivity contribution in [1.82, 2.24) is 0 Å². The molecule has 0 saturated carbocycles. The highest BCUT2D eigenvalue weighted by molar-refractivity contribution is 5.70. The molecule has 3 rings (SSSR count). The molecule has 3 saturated heterocycles. The lowest BCUT2D eigenvalue weighted by Crippen LogP contribution is -2.55. The lowest BCUT2D eigenvalue weighted by Gasteiger charge is -2.46. The first-order valence-corrected chi connectivity index (χ1v) is 24.0. The van der Waals surface area contributed by atoms with E-state index in [1.807, 2.05) is 41.5 Å². The van der Waals surface area contributed by atoms with Gasteiger partial charge in [0, 0.05) is 12.3 Å². The molecule has 0 spiro atoms. The third-order valence-electron chi connectivity index (χ3n) is 15.9. The van der Waals surface area contributed by atoms with Gasteiger partial charge >= 0.3 is 5.97 Å². The van der Waals surface area contributed by atoms with E-state index in [9.17, 15) is 55.9 Å². The van der Waals surface area contributed by atoms with Crippen LogP contribution in [0.25, 0.3) is 0 Å². The fourth-order valence-electron chi connectivity index (χ4n) is 11.0. The average Bonchev–Trinajstić information content (AvgIpc) is 3.61. The lowest BCUT2D eigenvalue weighted by atomic mass is 9.76. The number of rotatable bonds is 24. The van der Waals surface area contributed by atoms with Crippen molar-refractivity contribution in [3.63, 3.8) is 0 Å². The van der Waals surface area contributed by atoms with E-state index >= 15 is 0 Å². The number of aliphatic hydroxyl groups excluding tert-OH is 7. The van der Waals surface area contributed by atoms with Gasteiger partial charge in [0.25, 0.3) is 0 Å². The maximum atomic E-state index is 11.6. The Kier molecular flexibility index (Phi) is 20.6. The number of hydrogen-bond acceptors (Lipinski definition) is 13. The number of aliphatic hydroxyl groups is 9. The number of carbonyl (C=O) groups is 1. The van der Waals surface area contributed by atoms with Gasteiger partial charge in [0.1, 0.15) is 6.10 Å². The van der Waals surface area contributed by atoms with Gasteiger partial charge < -0.3 is 65.3 Å². The van der Waals surface area contributed by atoms with Gasteiger partial charge in [-0.15, -0.1) is 0 Å². The third-order valence-corrected chi connectivity index (χ3v) is 15.9. The molecule has 0 bridgehead atoms. The number of ether oxygens (including phenoxy) is 3. The van der Waals surface area contributed by atoms with Crippen LogP contribution in [0.1, 0.15) is 160 Å². The van der Waals surface area contributed by atoms with Crippen LogP contribution in [0, 0.1) is 47.3 Å². The summed E-state index contributed by atoms with van der Waals surface area (Å²) < 4.78 is 18.7. The molecular weight excluding hydrogens is 801 g/mol. The van der Waals surface area contributed by atoms with E-state index in [2.05, 4.69) is 0 Å². The number of carboxylic acids is 1. The molecule has 10 N–H and O–H groups in total. The molecule has 3 aliphatic heterocycles. The maximum Gasteiger partial charge on any atom is 0.308 e. The Morgan fingerprint density at radius 3 is 1.98 bits per heavy atom. The lowest BCUT2D eigenvalue weighted by molar-refractivity contribution is -0.221. The zero-order chi connectivity index (χ0) is 47.2. The van der Waals surface area contributed by atoms with Crippen molar-refractivity contribution in [2.24, 2.45) is 47.3 Å². The van der Waals surface area contributed by atoms with Gasteiger partial charge in [0.05, 0.1) is 89.9 Å². The Hall–Kier alpha value is -1.01. The molecular formula is C48H90O14. The SMILES string of the molecule is CCC1OC(C(C)(O)CC(C)C(O)C2(C)CCC(C(O)C(O)C(C)CC(C)C(O)CC(O)C(C)CCC(O)C(C)C(O)CC3OC(C(C)C(=O)O)C(C)CC3C)O2)CCC1(C)O. The quantitative estimate of drug-likeness (QED) is 0.0638. The second-order valence-electron chi connectivity index (χ2n) is 21.7. The molecule has 23 unspecified atom stereocenters. The van der Waals surface area contributed by atoms with Gasteiger partial charge in [-0.3, -0.25) is 4.79 Å². The summed E-state index contributed by atoms with van der Waals surface area (Å²) in [5, 5.41) is 110. The van der Waals surface area contributed by atoms with E-state index in [-0.39, 0.29) is 49.0 Å². The van der Waals surface area contributed by atoms with Crippen LogP contribution in [-0.2, 0) is 19.0 Å². The molecule has 0 aromatic heterocycles. The standard InChI is InChI=1S/C48H90O14/c1-13-39-46(10,58)18-17-40(61-39)47(11,59)24-30(7)44(55)48(12)19-16-37(62-48)42(54)41(53)28(5)20-26(3)35(51)22-34(50)25(2)14-15-33(49)31(8)36(52)23-38-27(4)21-29(6)43(60-38)32(9)45(56)57/h25-44,49-55,58-59H,13-24H2,1-12H3,(H,56,57). The van der Waals surface area contributed by atoms with E-state index in [1.165, 1.54) is 0 Å². The average molecular weight is 891 g/mol. The van der Waals surface area contributed by atoms with Crippen molar-refractivity contribution >= 4 is 5.97 Å². The summed E-state index contributed by atoms with van der Waals surface area (Å²) in [5.74, 6) is -3.26. The second-order valence-corrected chi connectivity index (χ2v) is 21.7. The van der Waals surface area contributed by atoms with Crippen molar-refractivity contribution in [1.29, 1.82) is 0 Å². The highest BCUT2D eigenvalue weighted by atomic mass is 16.5. The molecule has 0 amide bonds. The molecule has 3 fully saturated rings. The van der Waals surface area contributed by atoms with Crippen molar-refractivity contribution in [3.8, 4) is 0 Å². The van der Waals surface area contributed by atoms with Gasteiger partial charge in [-0.2, -0.15) is 0 Å². The Balaban J connectivity index is 1.44. The molecule has 0 radical (unpaired) electrons. The Morgan fingerprint density at radius 2 is 1.39 bits per heavy atom. The molecule has 62 heavy (non-hydrogen) atoms. The first-order valence-electron chi connectivity index (χ1n) is 24.0. The van der Waals surface area contributed by atoms with E-state index in [0.29, 0.717) is 51.4 Å². The minimum absolute atomic E-state index is 0.0764. The summed E-state index contributed by atoms with van der Waals surface area (Å²) in [7, 11) is 0. The number of carboxylic acid groups (broad SMARTS) is 1. The molecule has 3 aliphatic rings. The van der Waals surface area contributed by atoms with Crippen LogP contribution in [0.5, 0.6) is 0 Å². The summed E-state index contributed by atoms with van der Waals surface area (Å²) in [4.78, 5) is 11.6. The normalized spacial score (nSPS) is 37.1. The van der Waals surface area contributed by atoms with Gasteiger partial charge in [-0.05, 0) is 134 Å². The molecule has 3 heterocycles. The topological polar surface area (TPSA) is 247 Å². The minimum Gasteiger partial charge on any atom is -0.481 e. The molecule has 0 aliphatic carbocycles. The molecule has 23 atom stereocenters. The predicted molar refractivity (Wildman–Crippen MR) is 236 cm³/mol. The van der Waals surface area contributed by atoms with Gasteiger partial charge in [0.2, 0.25) is 0 Å². The van der Waals surface area contributed by atoms with Crippen LogP contribution in [0.15, 0.2) is 0 Å². The highest BCUT2D eigenvalue weighted by Gasteiger charge is 2.51. The van der Waals surface area contributed by atoms with Crippen molar-refractivity contribution in [2.45, 2.75) is 250 Å². The molecule has 0 aromatic carbocycles. The van der Waals surface area contributed by atoms with Gasteiger partial charge in [-0.25, -0.2) is 0 Å². The fraction of sp³-hybridized carbons (Fsp3) is 0.979. The number of aliphatic carboxylic acids is 1. The zero-order valence-electron chi connectivity index (χ0n) is 40.1. The van der Waals surface area contributed by atoms with Crippen molar-refractivity contribution in [2.75, 3.05) is 0 Å². The first-order chi connectivity index (χ1) is 28.6. The Bertz CT molecular complexity index is 1350. The Morgan fingerprint density at radius 1 is 0.774 bits per heavy atom. The van der Waals surface area contributed by atoms with Crippen LogP contribution in [0.4, 0.5) is 0 Å². The van der Waals surface area contributed by atoms with Crippen LogP contribution >= 0.6 is 0 Å². The second kappa shape index (κ2) is 23.1. The summed E-state index contributed by atoms with van der Waals surface area (Å²) in [6, 6.07) is 0. The maximum absolute atomic E-state index is 11.6. The minimum atomic E-state index is -1.26. The summed E-state index contributed by atoms with van der Waals surface area (Å²) in [6.45, 7) is 22.0. The summed E-state index contributed by atoms with van der Waals surface area (Å²) in [6.07, 6.45) is -4.24. The largest absolute Gasteiger partial charge is 0.481 e.